The number of rotatable bonds is 6. The van der Waals surface area contributed by atoms with Gasteiger partial charge in [0.1, 0.15) is 0 Å². The van der Waals surface area contributed by atoms with Gasteiger partial charge in [-0.3, -0.25) is 19.4 Å². The molecule has 33 heavy (non-hydrogen) atoms. The average Bonchev–Trinajstić information content (AvgIpc) is 3.21. The zero-order valence-corrected chi connectivity index (χ0v) is 19.3. The van der Waals surface area contributed by atoms with Gasteiger partial charge in [0.05, 0.1) is 18.4 Å². The van der Waals surface area contributed by atoms with Crippen LogP contribution in [-0.4, -0.2) is 87.7 Å². The Labute approximate surface area is 194 Å². The lowest BCUT2D eigenvalue weighted by Crippen LogP contribution is -2.55. The normalized spacial score (nSPS) is 20.8. The number of alkyl halides is 1. The highest BCUT2D eigenvalue weighted by Gasteiger charge is 2.30. The molecule has 1 atom stereocenters. The second-order valence-corrected chi connectivity index (χ2v) is 9.52. The molecule has 1 saturated carbocycles. The van der Waals surface area contributed by atoms with Crippen molar-refractivity contribution in [1.29, 1.82) is 0 Å². The van der Waals surface area contributed by atoms with E-state index in [1.807, 2.05) is 27.9 Å². The van der Waals surface area contributed by atoms with Gasteiger partial charge in [-0.2, -0.15) is 5.10 Å². The van der Waals surface area contributed by atoms with E-state index in [4.69, 9.17) is 0 Å². The van der Waals surface area contributed by atoms with Crippen LogP contribution in [0.25, 0.3) is 5.69 Å². The van der Waals surface area contributed by atoms with Gasteiger partial charge in [0.2, 0.25) is 5.91 Å². The number of hydrogen-bond acceptors (Lipinski definition) is 5. The summed E-state index contributed by atoms with van der Waals surface area (Å²) in [5.74, 6) is -0.282. The molecule has 176 valence electrons. The second-order valence-electron chi connectivity index (χ2n) is 9.52. The van der Waals surface area contributed by atoms with Crippen LogP contribution in [0.5, 0.6) is 0 Å². The molecule has 1 aromatic heterocycles. The largest absolute Gasteiger partial charge is 0.339 e. The van der Waals surface area contributed by atoms with Gasteiger partial charge in [0.25, 0.3) is 0 Å². The van der Waals surface area contributed by atoms with E-state index in [9.17, 15) is 14.0 Å². The minimum absolute atomic E-state index is 0.224. The van der Waals surface area contributed by atoms with Crippen LogP contribution in [-0.2, 0) is 17.8 Å². The number of carbonyl (C=O) groups is 2. The standard InChI is InChI=1S/C25H32FN5O2/c1-18(26)25(33)19-5-7-22(8-6-19)31-23-9-10-28(16-20(23)15-27-31)17-24(32)30-13-11-29(12-14-30)21-3-2-4-21/h5-8,15,18,21H,2-4,9-14,16-17H2,1H3. The molecule has 7 nitrogen and oxygen atoms in total. The molecule has 3 aliphatic rings. The van der Waals surface area contributed by atoms with Crippen molar-refractivity contribution in [3.63, 3.8) is 0 Å². The molecule has 5 rings (SSSR count). The summed E-state index contributed by atoms with van der Waals surface area (Å²) in [4.78, 5) is 31.5. The first-order valence-electron chi connectivity index (χ1n) is 12.1. The average molecular weight is 454 g/mol. The summed E-state index contributed by atoms with van der Waals surface area (Å²) in [6, 6.07) is 7.67. The summed E-state index contributed by atoms with van der Waals surface area (Å²) >= 11 is 0. The van der Waals surface area contributed by atoms with Gasteiger partial charge in [0.15, 0.2) is 12.0 Å². The number of fused-ring (bicyclic) bond motifs is 1. The van der Waals surface area contributed by atoms with E-state index < -0.39 is 12.0 Å². The minimum Gasteiger partial charge on any atom is -0.339 e. The van der Waals surface area contributed by atoms with Crippen LogP contribution in [0.4, 0.5) is 4.39 Å². The lowest BCUT2D eigenvalue weighted by molar-refractivity contribution is -0.135. The molecule has 2 fully saturated rings. The SMILES string of the molecule is CC(F)C(=O)c1ccc(-n2ncc3c2CCN(CC(=O)N2CCN(C4CCC4)CC2)C3)cc1. The molecule has 1 amide bonds. The third kappa shape index (κ3) is 4.59. The van der Waals surface area contributed by atoms with Crippen molar-refractivity contribution < 1.29 is 14.0 Å². The summed E-state index contributed by atoms with van der Waals surface area (Å²) in [6.07, 6.45) is 5.15. The van der Waals surface area contributed by atoms with E-state index >= 15 is 0 Å². The molecular weight excluding hydrogens is 421 g/mol. The Morgan fingerprint density at radius 1 is 1.09 bits per heavy atom. The van der Waals surface area contributed by atoms with Crippen LogP contribution >= 0.6 is 0 Å². The predicted octanol–water partition coefficient (Wildman–Crippen LogP) is 2.47. The molecule has 0 bridgehead atoms. The van der Waals surface area contributed by atoms with E-state index in [1.165, 1.54) is 26.2 Å². The smallest absolute Gasteiger partial charge is 0.236 e. The number of Topliss-reactive ketones (excluding diaryl/α,β-unsaturated/α-hetero) is 1. The van der Waals surface area contributed by atoms with Gasteiger partial charge in [-0.1, -0.05) is 6.42 Å². The van der Waals surface area contributed by atoms with Crippen LogP contribution < -0.4 is 0 Å². The molecule has 1 aliphatic carbocycles. The van der Waals surface area contributed by atoms with E-state index in [0.717, 1.165) is 62.1 Å². The van der Waals surface area contributed by atoms with Crippen LogP contribution in [0.2, 0.25) is 0 Å². The van der Waals surface area contributed by atoms with E-state index in [-0.39, 0.29) is 5.91 Å². The van der Waals surface area contributed by atoms with Crippen molar-refractivity contribution in [2.45, 2.75) is 51.4 Å². The fourth-order valence-corrected chi connectivity index (χ4v) is 5.12. The summed E-state index contributed by atoms with van der Waals surface area (Å²) in [7, 11) is 0. The van der Waals surface area contributed by atoms with Crippen LogP contribution in [0.3, 0.4) is 0 Å². The Kier molecular flexibility index (Phi) is 6.29. The Morgan fingerprint density at radius 2 is 1.82 bits per heavy atom. The molecular formula is C25H32FN5O2. The predicted molar refractivity (Wildman–Crippen MR) is 123 cm³/mol. The van der Waals surface area contributed by atoms with Gasteiger partial charge >= 0.3 is 0 Å². The Balaban J connectivity index is 1.17. The highest BCUT2D eigenvalue weighted by atomic mass is 19.1. The maximum atomic E-state index is 13.3. The van der Waals surface area contributed by atoms with Gasteiger partial charge in [-0.15, -0.1) is 0 Å². The number of piperazine rings is 1. The Bertz CT molecular complexity index is 1010. The molecule has 1 aromatic carbocycles. The number of hydrogen-bond donors (Lipinski definition) is 0. The lowest BCUT2D eigenvalue weighted by atomic mass is 9.91. The van der Waals surface area contributed by atoms with Gasteiger partial charge in [-0.05, 0) is 44.0 Å². The lowest BCUT2D eigenvalue weighted by Gasteiger charge is -2.43. The second kappa shape index (κ2) is 9.35. The summed E-state index contributed by atoms with van der Waals surface area (Å²) in [6.45, 7) is 6.90. The van der Waals surface area contributed by atoms with Crippen molar-refractivity contribution in [3.8, 4) is 5.69 Å². The zero-order valence-electron chi connectivity index (χ0n) is 19.3. The molecule has 0 spiro atoms. The summed E-state index contributed by atoms with van der Waals surface area (Å²) in [5.41, 5.74) is 3.48. The first-order chi connectivity index (χ1) is 16.0. The van der Waals surface area contributed by atoms with Gasteiger partial charge in [0, 0.05) is 68.6 Å². The highest BCUT2D eigenvalue weighted by Crippen LogP contribution is 2.26. The summed E-state index contributed by atoms with van der Waals surface area (Å²) in [5, 5.41) is 4.55. The van der Waals surface area contributed by atoms with Crippen molar-refractivity contribution >= 4 is 11.7 Å². The van der Waals surface area contributed by atoms with E-state index in [2.05, 4.69) is 14.9 Å². The van der Waals surface area contributed by atoms with Crippen molar-refractivity contribution in [3.05, 3.63) is 47.3 Å². The van der Waals surface area contributed by atoms with E-state index in [0.29, 0.717) is 18.7 Å². The molecule has 1 saturated heterocycles. The van der Waals surface area contributed by atoms with Gasteiger partial charge in [-0.25, -0.2) is 9.07 Å². The quantitative estimate of drug-likeness (QED) is 0.629. The molecule has 0 radical (unpaired) electrons. The van der Waals surface area contributed by atoms with Crippen LogP contribution in [0.1, 0.15) is 47.8 Å². The van der Waals surface area contributed by atoms with Crippen molar-refractivity contribution in [1.82, 2.24) is 24.5 Å². The number of ketones is 1. The maximum absolute atomic E-state index is 13.3. The monoisotopic (exact) mass is 453 g/mol. The van der Waals surface area contributed by atoms with E-state index in [1.54, 1.807) is 12.1 Å². The number of amides is 1. The first-order valence-corrected chi connectivity index (χ1v) is 12.1. The third-order valence-corrected chi connectivity index (χ3v) is 7.39. The Morgan fingerprint density at radius 3 is 2.45 bits per heavy atom. The zero-order chi connectivity index (χ0) is 22.9. The Hall–Kier alpha value is -2.58. The maximum Gasteiger partial charge on any atom is 0.236 e. The van der Waals surface area contributed by atoms with Crippen LogP contribution in [0.15, 0.2) is 30.5 Å². The fourth-order valence-electron chi connectivity index (χ4n) is 5.12. The number of benzene rings is 1. The molecule has 1 unspecified atom stereocenters. The first kappa shape index (κ1) is 22.2. The van der Waals surface area contributed by atoms with Gasteiger partial charge < -0.3 is 4.90 Å². The number of aromatic nitrogens is 2. The molecule has 3 heterocycles. The molecule has 8 heteroatoms. The topological polar surface area (TPSA) is 61.7 Å². The minimum atomic E-state index is -1.51. The summed E-state index contributed by atoms with van der Waals surface area (Å²) < 4.78 is 15.2. The molecule has 0 N–H and O–H groups in total. The molecule has 2 aliphatic heterocycles. The number of halogens is 1. The molecule has 2 aromatic rings. The number of nitrogens with zero attached hydrogens (tertiary/aromatic N) is 5. The third-order valence-electron chi connectivity index (χ3n) is 7.39. The van der Waals surface area contributed by atoms with Crippen molar-refractivity contribution in [2.75, 3.05) is 39.3 Å². The highest BCUT2D eigenvalue weighted by molar-refractivity contribution is 5.99. The van der Waals surface area contributed by atoms with Crippen LogP contribution in [0, 0.1) is 0 Å². The number of carbonyl (C=O) groups excluding carboxylic acids is 2. The van der Waals surface area contributed by atoms with Crippen molar-refractivity contribution in [2.24, 2.45) is 0 Å². The fraction of sp³-hybridized carbons (Fsp3) is 0.560.